The second-order valence-electron chi connectivity index (χ2n) is 6.90. The molecule has 2 rings (SSSR count). The maximum Gasteiger partial charge on any atom is 0.0991 e. The minimum Gasteiger partial charge on any atom is -0.381 e. The molecule has 1 aliphatic carbocycles. The molecular formula is C22H31NO. The normalized spacial score (nSPS) is 21.0. The Hall–Kier alpha value is -1.59. The Balaban J connectivity index is 1.58. The third-order valence-electron chi connectivity index (χ3n) is 5.08. The lowest BCUT2D eigenvalue weighted by Crippen LogP contribution is -2.15. The molecule has 0 atom stereocenters. The zero-order valence-electron chi connectivity index (χ0n) is 15.0. The Morgan fingerprint density at radius 1 is 1.04 bits per heavy atom. The van der Waals surface area contributed by atoms with E-state index in [0.29, 0.717) is 5.92 Å². The van der Waals surface area contributed by atoms with Crippen LogP contribution in [0.3, 0.4) is 0 Å². The van der Waals surface area contributed by atoms with E-state index in [2.05, 4.69) is 37.3 Å². The first-order valence-corrected chi connectivity index (χ1v) is 9.56. The summed E-state index contributed by atoms with van der Waals surface area (Å²) >= 11 is 0. The molecule has 24 heavy (non-hydrogen) atoms. The van der Waals surface area contributed by atoms with Gasteiger partial charge in [-0.3, -0.25) is 0 Å². The van der Waals surface area contributed by atoms with E-state index in [0.717, 1.165) is 31.1 Å². The lowest BCUT2D eigenvalue weighted by molar-refractivity contribution is 0.116. The third kappa shape index (κ3) is 6.49. The summed E-state index contributed by atoms with van der Waals surface area (Å²) in [5.41, 5.74) is 2.16. The van der Waals surface area contributed by atoms with Gasteiger partial charge in [-0.25, -0.2) is 0 Å². The number of nitrogens with zero attached hydrogens (tertiary/aromatic N) is 1. The zero-order valence-corrected chi connectivity index (χ0v) is 15.0. The van der Waals surface area contributed by atoms with Crippen LogP contribution in [0.2, 0.25) is 0 Å². The van der Waals surface area contributed by atoms with Gasteiger partial charge in [-0.05, 0) is 74.5 Å². The van der Waals surface area contributed by atoms with Crippen LogP contribution in [0.1, 0.15) is 75.3 Å². The molecule has 1 aromatic carbocycles. The van der Waals surface area contributed by atoms with E-state index in [1.807, 2.05) is 12.1 Å². The number of rotatable bonds is 9. The minimum atomic E-state index is 0.679. The van der Waals surface area contributed by atoms with Crippen molar-refractivity contribution in [1.29, 1.82) is 5.26 Å². The molecule has 0 aliphatic heterocycles. The van der Waals surface area contributed by atoms with Crippen LogP contribution in [-0.4, -0.2) is 13.2 Å². The van der Waals surface area contributed by atoms with Crippen molar-refractivity contribution in [2.24, 2.45) is 5.92 Å². The summed E-state index contributed by atoms with van der Waals surface area (Å²) in [6.45, 7) is 3.98. The van der Waals surface area contributed by atoms with Crippen molar-refractivity contribution in [3.8, 4) is 6.07 Å². The van der Waals surface area contributed by atoms with Crippen LogP contribution in [0.4, 0.5) is 0 Å². The molecule has 2 heteroatoms. The van der Waals surface area contributed by atoms with E-state index >= 15 is 0 Å². The van der Waals surface area contributed by atoms with Gasteiger partial charge in [-0.2, -0.15) is 5.26 Å². The van der Waals surface area contributed by atoms with E-state index in [9.17, 15) is 0 Å². The van der Waals surface area contributed by atoms with E-state index in [-0.39, 0.29) is 0 Å². The predicted octanol–water partition coefficient (Wildman–Crippen LogP) is 5.99. The number of nitriles is 1. The molecule has 0 aromatic heterocycles. The van der Waals surface area contributed by atoms with Gasteiger partial charge in [0.25, 0.3) is 0 Å². The molecule has 0 amide bonds. The van der Waals surface area contributed by atoms with Gasteiger partial charge < -0.3 is 4.74 Å². The molecule has 1 aliphatic rings. The number of benzene rings is 1. The van der Waals surface area contributed by atoms with Gasteiger partial charge in [-0.15, -0.1) is 0 Å². The van der Waals surface area contributed by atoms with Crippen LogP contribution in [-0.2, 0) is 4.74 Å². The van der Waals surface area contributed by atoms with Crippen molar-refractivity contribution in [1.82, 2.24) is 0 Å². The summed E-state index contributed by atoms with van der Waals surface area (Å²) in [6.07, 6.45) is 14.3. The summed E-state index contributed by atoms with van der Waals surface area (Å²) in [4.78, 5) is 0. The summed E-state index contributed by atoms with van der Waals surface area (Å²) in [6, 6.07) is 10.4. The number of ether oxygens (including phenoxy) is 1. The van der Waals surface area contributed by atoms with Crippen molar-refractivity contribution in [2.75, 3.05) is 13.2 Å². The van der Waals surface area contributed by atoms with Gasteiger partial charge >= 0.3 is 0 Å². The molecular weight excluding hydrogens is 294 g/mol. The Labute approximate surface area is 147 Å². The van der Waals surface area contributed by atoms with Crippen LogP contribution < -0.4 is 0 Å². The number of allylic oxidation sites excluding steroid dienone is 1. The Kier molecular flexibility index (Phi) is 8.63. The van der Waals surface area contributed by atoms with Gasteiger partial charge in [0.05, 0.1) is 18.2 Å². The first-order chi connectivity index (χ1) is 11.8. The third-order valence-corrected chi connectivity index (χ3v) is 5.08. The van der Waals surface area contributed by atoms with Gasteiger partial charge in [-0.1, -0.05) is 37.6 Å². The molecule has 0 heterocycles. The van der Waals surface area contributed by atoms with E-state index in [1.165, 1.54) is 50.5 Å². The van der Waals surface area contributed by atoms with Crippen LogP contribution in [0.15, 0.2) is 36.4 Å². The summed E-state index contributed by atoms with van der Waals surface area (Å²) < 4.78 is 5.77. The lowest BCUT2D eigenvalue weighted by Gasteiger charge is -2.28. The Morgan fingerprint density at radius 2 is 1.75 bits per heavy atom. The van der Waals surface area contributed by atoms with E-state index < -0.39 is 0 Å². The van der Waals surface area contributed by atoms with Crippen LogP contribution in [0, 0.1) is 17.2 Å². The monoisotopic (exact) mass is 325 g/mol. The molecule has 130 valence electrons. The molecule has 2 nitrogen and oxygen atoms in total. The molecule has 1 fully saturated rings. The SMILES string of the molecule is CCCC=CCCOCCC1CCC(c2ccc(C#N)cc2)CC1. The number of unbranched alkanes of at least 4 members (excludes halogenated alkanes) is 1. The van der Waals surface area contributed by atoms with Gasteiger partial charge in [0, 0.05) is 6.61 Å². The summed E-state index contributed by atoms with van der Waals surface area (Å²) in [5, 5.41) is 8.88. The van der Waals surface area contributed by atoms with Gasteiger partial charge in [0.1, 0.15) is 0 Å². The largest absolute Gasteiger partial charge is 0.381 e. The molecule has 1 aromatic rings. The van der Waals surface area contributed by atoms with Crippen LogP contribution in [0.5, 0.6) is 0 Å². The second-order valence-corrected chi connectivity index (χ2v) is 6.90. The fraction of sp³-hybridized carbons (Fsp3) is 0.591. The number of hydrogen-bond acceptors (Lipinski definition) is 2. The molecule has 0 spiro atoms. The fourth-order valence-electron chi connectivity index (χ4n) is 3.52. The smallest absolute Gasteiger partial charge is 0.0991 e. The predicted molar refractivity (Wildman–Crippen MR) is 100.0 cm³/mol. The lowest BCUT2D eigenvalue weighted by atomic mass is 9.77. The summed E-state index contributed by atoms with van der Waals surface area (Å²) in [7, 11) is 0. The standard InChI is InChI=1S/C22H31NO/c1-2-3-4-5-6-16-24-17-15-19-7-11-21(12-8-19)22-13-9-20(18-23)10-14-22/h4-5,9-10,13-14,19,21H,2-3,6-8,11-12,15-17H2,1H3. The van der Waals surface area contributed by atoms with Gasteiger partial charge in [0.2, 0.25) is 0 Å². The summed E-state index contributed by atoms with van der Waals surface area (Å²) in [5.74, 6) is 1.51. The molecule has 0 unspecified atom stereocenters. The van der Waals surface area contributed by atoms with Crippen molar-refractivity contribution in [3.63, 3.8) is 0 Å². The highest BCUT2D eigenvalue weighted by Gasteiger charge is 2.22. The highest BCUT2D eigenvalue weighted by Crippen LogP contribution is 2.37. The second kappa shape index (κ2) is 11.0. The quantitative estimate of drug-likeness (QED) is 0.413. The minimum absolute atomic E-state index is 0.679. The van der Waals surface area contributed by atoms with Crippen molar-refractivity contribution in [2.45, 2.75) is 64.2 Å². The Morgan fingerprint density at radius 3 is 2.42 bits per heavy atom. The first-order valence-electron chi connectivity index (χ1n) is 9.56. The molecule has 0 N–H and O–H groups in total. The molecule has 0 saturated heterocycles. The Bertz CT molecular complexity index is 518. The topological polar surface area (TPSA) is 33.0 Å². The highest BCUT2D eigenvalue weighted by molar-refractivity contribution is 5.33. The maximum atomic E-state index is 8.88. The van der Waals surface area contributed by atoms with Crippen LogP contribution in [0.25, 0.3) is 0 Å². The fourth-order valence-corrected chi connectivity index (χ4v) is 3.52. The van der Waals surface area contributed by atoms with E-state index in [1.54, 1.807) is 0 Å². The first kappa shape index (κ1) is 18.7. The maximum absolute atomic E-state index is 8.88. The van der Waals surface area contributed by atoms with E-state index in [4.69, 9.17) is 10.00 Å². The molecule has 0 radical (unpaired) electrons. The number of hydrogen-bond donors (Lipinski definition) is 0. The average molecular weight is 325 g/mol. The van der Waals surface area contributed by atoms with Gasteiger partial charge in [0.15, 0.2) is 0 Å². The highest BCUT2D eigenvalue weighted by atomic mass is 16.5. The van der Waals surface area contributed by atoms with Crippen molar-refractivity contribution >= 4 is 0 Å². The van der Waals surface area contributed by atoms with Crippen molar-refractivity contribution < 1.29 is 4.74 Å². The molecule has 0 bridgehead atoms. The van der Waals surface area contributed by atoms with Crippen molar-refractivity contribution in [3.05, 3.63) is 47.5 Å². The zero-order chi connectivity index (χ0) is 17.0. The van der Waals surface area contributed by atoms with Crippen LogP contribution >= 0.6 is 0 Å². The molecule has 1 saturated carbocycles. The average Bonchev–Trinajstić information content (AvgIpc) is 2.64.